The topological polar surface area (TPSA) is 67.4 Å². The van der Waals surface area contributed by atoms with Crippen molar-refractivity contribution in [2.24, 2.45) is 5.41 Å². The first kappa shape index (κ1) is 18.6. The van der Waals surface area contributed by atoms with E-state index >= 15 is 0 Å². The van der Waals surface area contributed by atoms with Crippen LogP contribution in [-0.4, -0.2) is 35.2 Å². The van der Waals surface area contributed by atoms with Gasteiger partial charge in [0.05, 0.1) is 0 Å². The molecule has 1 aromatic heterocycles. The standard InChI is InChI=1S/C14H26N2O3S2/c1-5-15-9-12-8-13(20-10-12)21(17,18)16-11-14(2,3)6-7-19-4/h8,10,15-16H,5-7,9,11H2,1-4H3. The molecule has 122 valence electrons. The summed E-state index contributed by atoms with van der Waals surface area (Å²) in [5, 5.41) is 5.07. The van der Waals surface area contributed by atoms with E-state index in [0.717, 1.165) is 18.5 Å². The molecule has 1 rings (SSSR count). The van der Waals surface area contributed by atoms with Crippen molar-refractivity contribution in [3.05, 3.63) is 17.0 Å². The van der Waals surface area contributed by atoms with Crippen LogP contribution in [0.5, 0.6) is 0 Å². The van der Waals surface area contributed by atoms with Gasteiger partial charge in [-0.05, 0) is 35.4 Å². The van der Waals surface area contributed by atoms with Crippen molar-refractivity contribution in [3.63, 3.8) is 0 Å². The third kappa shape index (κ3) is 6.44. The van der Waals surface area contributed by atoms with Crippen molar-refractivity contribution in [1.82, 2.24) is 10.0 Å². The lowest BCUT2D eigenvalue weighted by atomic mass is 9.90. The Morgan fingerprint density at radius 2 is 2.10 bits per heavy atom. The highest BCUT2D eigenvalue weighted by Crippen LogP contribution is 2.23. The van der Waals surface area contributed by atoms with Crippen LogP contribution in [0.4, 0.5) is 0 Å². The van der Waals surface area contributed by atoms with E-state index in [4.69, 9.17) is 4.74 Å². The minimum Gasteiger partial charge on any atom is -0.385 e. The van der Waals surface area contributed by atoms with Crippen molar-refractivity contribution in [3.8, 4) is 0 Å². The zero-order valence-corrected chi connectivity index (χ0v) is 14.9. The first-order chi connectivity index (χ1) is 9.80. The number of sulfonamides is 1. The summed E-state index contributed by atoms with van der Waals surface area (Å²) in [4.78, 5) is 0. The van der Waals surface area contributed by atoms with Crippen LogP contribution in [0.1, 0.15) is 32.8 Å². The molecule has 0 aromatic carbocycles. The number of methoxy groups -OCH3 is 1. The van der Waals surface area contributed by atoms with E-state index in [-0.39, 0.29) is 5.41 Å². The predicted molar refractivity (Wildman–Crippen MR) is 87.2 cm³/mol. The van der Waals surface area contributed by atoms with Crippen molar-refractivity contribution in [1.29, 1.82) is 0 Å². The van der Waals surface area contributed by atoms with Gasteiger partial charge in [0.15, 0.2) is 0 Å². The molecule has 0 radical (unpaired) electrons. The molecule has 0 spiro atoms. The Labute approximate surface area is 132 Å². The lowest BCUT2D eigenvalue weighted by Crippen LogP contribution is -2.34. The van der Waals surface area contributed by atoms with E-state index in [1.165, 1.54) is 11.3 Å². The Hall–Kier alpha value is -0.470. The highest BCUT2D eigenvalue weighted by molar-refractivity contribution is 7.91. The fourth-order valence-electron chi connectivity index (χ4n) is 1.68. The quantitative estimate of drug-likeness (QED) is 0.688. The molecule has 0 saturated heterocycles. The largest absolute Gasteiger partial charge is 0.385 e. The molecule has 7 heteroatoms. The Morgan fingerprint density at radius 3 is 2.71 bits per heavy atom. The summed E-state index contributed by atoms with van der Waals surface area (Å²) < 4.78 is 32.7. The summed E-state index contributed by atoms with van der Waals surface area (Å²) in [5.74, 6) is 0. The molecule has 0 unspecified atom stereocenters. The molecule has 0 atom stereocenters. The van der Waals surface area contributed by atoms with Gasteiger partial charge in [-0.15, -0.1) is 11.3 Å². The van der Waals surface area contributed by atoms with Gasteiger partial charge in [0, 0.05) is 26.8 Å². The average molecular weight is 335 g/mol. The minimum atomic E-state index is -3.42. The molecule has 1 heterocycles. The van der Waals surface area contributed by atoms with E-state index in [1.807, 2.05) is 26.2 Å². The maximum absolute atomic E-state index is 12.3. The first-order valence-corrected chi connectivity index (χ1v) is 9.44. The Morgan fingerprint density at radius 1 is 1.38 bits per heavy atom. The van der Waals surface area contributed by atoms with Crippen molar-refractivity contribution in [2.45, 2.75) is 37.9 Å². The first-order valence-electron chi connectivity index (χ1n) is 7.07. The van der Waals surface area contributed by atoms with Gasteiger partial charge in [0.1, 0.15) is 4.21 Å². The highest BCUT2D eigenvalue weighted by Gasteiger charge is 2.23. The number of nitrogens with one attached hydrogen (secondary N) is 2. The van der Waals surface area contributed by atoms with Crippen molar-refractivity contribution in [2.75, 3.05) is 26.8 Å². The van der Waals surface area contributed by atoms with Crippen molar-refractivity contribution < 1.29 is 13.2 Å². The molecule has 2 N–H and O–H groups in total. The molecule has 0 amide bonds. The molecule has 0 aliphatic rings. The second-order valence-corrected chi connectivity index (χ2v) is 8.69. The molecule has 21 heavy (non-hydrogen) atoms. The van der Waals surface area contributed by atoms with Crippen LogP contribution in [0.3, 0.4) is 0 Å². The molecule has 0 saturated carbocycles. The minimum absolute atomic E-state index is 0.132. The van der Waals surface area contributed by atoms with Crippen molar-refractivity contribution >= 4 is 21.4 Å². The van der Waals surface area contributed by atoms with E-state index < -0.39 is 10.0 Å². The van der Waals surface area contributed by atoms with Gasteiger partial charge in [0.25, 0.3) is 0 Å². The molecule has 1 aromatic rings. The normalized spacial score (nSPS) is 12.8. The van der Waals surface area contributed by atoms with Gasteiger partial charge < -0.3 is 10.1 Å². The van der Waals surface area contributed by atoms with Crippen LogP contribution >= 0.6 is 11.3 Å². The fraction of sp³-hybridized carbons (Fsp3) is 0.714. The molecule has 0 aliphatic carbocycles. The smallest absolute Gasteiger partial charge is 0.250 e. The summed E-state index contributed by atoms with van der Waals surface area (Å²) in [7, 11) is -1.77. The zero-order valence-electron chi connectivity index (χ0n) is 13.2. The Kier molecular flexibility index (Phi) is 7.29. The molecule has 5 nitrogen and oxygen atoms in total. The Balaban J connectivity index is 2.62. The van der Waals surface area contributed by atoms with Gasteiger partial charge in [-0.25, -0.2) is 13.1 Å². The highest BCUT2D eigenvalue weighted by atomic mass is 32.2. The lowest BCUT2D eigenvalue weighted by molar-refractivity contribution is 0.153. The van der Waals surface area contributed by atoms with E-state index in [9.17, 15) is 8.42 Å². The summed E-state index contributed by atoms with van der Waals surface area (Å²) in [6.07, 6.45) is 0.808. The van der Waals surface area contributed by atoms with Gasteiger partial charge in [0.2, 0.25) is 10.0 Å². The fourth-order valence-corrected chi connectivity index (χ4v) is 4.18. The monoisotopic (exact) mass is 334 g/mol. The predicted octanol–water partition coefficient (Wildman–Crippen LogP) is 2.20. The van der Waals surface area contributed by atoms with Gasteiger partial charge in [-0.1, -0.05) is 20.8 Å². The van der Waals surface area contributed by atoms with Crippen LogP contribution in [0.15, 0.2) is 15.7 Å². The number of thiophene rings is 1. The summed E-state index contributed by atoms with van der Waals surface area (Å²) in [5.41, 5.74) is 0.869. The van der Waals surface area contributed by atoms with Crippen LogP contribution in [0.2, 0.25) is 0 Å². The summed E-state index contributed by atoms with van der Waals surface area (Å²) >= 11 is 1.26. The maximum atomic E-state index is 12.3. The van der Waals surface area contributed by atoms with Gasteiger partial charge in [-0.3, -0.25) is 0 Å². The molecule has 0 fully saturated rings. The number of hydrogen-bond acceptors (Lipinski definition) is 5. The molecular formula is C14H26N2O3S2. The second kappa shape index (κ2) is 8.24. The van der Waals surface area contributed by atoms with Crippen LogP contribution in [-0.2, 0) is 21.3 Å². The van der Waals surface area contributed by atoms with E-state index in [1.54, 1.807) is 13.2 Å². The number of rotatable bonds is 10. The third-order valence-corrected chi connectivity index (χ3v) is 6.09. The van der Waals surface area contributed by atoms with E-state index in [0.29, 0.717) is 23.9 Å². The molecular weight excluding hydrogens is 308 g/mol. The van der Waals surface area contributed by atoms with Crippen LogP contribution in [0, 0.1) is 5.41 Å². The van der Waals surface area contributed by atoms with Gasteiger partial charge in [-0.2, -0.15) is 0 Å². The van der Waals surface area contributed by atoms with Crippen LogP contribution < -0.4 is 10.0 Å². The molecule has 0 aliphatic heterocycles. The maximum Gasteiger partial charge on any atom is 0.250 e. The average Bonchev–Trinajstić information content (AvgIpc) is 2.91. The number of ether oxygens (including phenoxy) is 1. The summed E-state index contributed by atoms with van der Waals surface area (Å²) in [6.45, 7) is 8.66. The number of hydrogen-bond donors (Lipinski definition) is 2. The second-order valence-electron chi connectivity index (χ2n) is 5.79. The van der Waals surface area contributed by atoms with E-state index in [2.05, 4.69) is 10.0 Å². The molecule has 0 bridgehead atoms. The summed E-state index contributed by atoms with van der Waals surface area (Å²) in [6, 6.07) is 1.73. The Bertz CT molecular complexity index is 524. The lowest BCUT2D eigenvalue weighted by Gasteiger charge is -2.24. The zero-order chi connectivity index (χ0) is 15.9. The van der Waals surface area contributed by atoms with Gasteiger partial charge >= 0.3 is 0 Å². The third-order valence-electron chi connectivity index (χ3n) is 3.20. The van der Waals surface area contributed by atoms with Crippen LogP contribution in [0.25, 0.3) is 0 Å². The SMILES string of the molecule is CCNCc1csc(S(=O)(=O)NCC(C)(C)CCOC)c1.